The van der Waals surface area contributed by atoms with E-state index in [9.17, 15) is 15.0 Å². The van der Waals surface area contributed by atoms with Crippen LogP contribution in [0.2, 0.25) is 0 Å². The Bertz CT molecular complexity index is 951. The summed E-state index contributed by atoms with van der Waals surface area (Å²) in [5, 5.41) is 20.3. The molecule has 0 radical (unpaired) electrons. The van der Waals surface area contributed by atoms with Gasteiger partial charge in [0.05, 0.1) is 5.52 Å². The van der Waals surface area contributed by atoms with E-state index in [0.717, 1.165) is 22.3 Å². The predicted octanol–water partition coefficient (Wildman–Crippen LogP) is 2.71. The molecule has 132 valence electrons. The number of nitrogens with zero attached hydrogens (tertiary/aromatic N) is 3. The molecule has 1 aliphatic rings. The van der Waals surface area contributed by atoms with Crippen LogP contribution in [0.25, 0.3) is 22.3 Å². The van der Waals surface area contributed by atoms with Crippen molar-refractivity contribution in [2.75, 3.05) is 18.0 Å². The number of piperidine rings is 1. The number of hydrogen-bond donors (Lipinski definition) is 2. The van der Waals surface area contributed by atoms with Crippen LogP contribution >= 0.6 is 0 Å². The number of aromatic nitrogens is 2. The predicted molar refractivity (Wildman–Crippen MR) is 99.0 cm³/mol. The zero-order chi connectivity index (χ0) is 18.1. The average Bonchev–Trinajstić information content (AvgIpc) is 2.68. The maximum atomic E-state index is 11.3. The normalized spacial score (nSPS) is 16.6. The van der Waals surface area contributed by atoms with Crippen molar-refractivity contribution in [1.82, 2.24) is 9.97 Å². The number of carbonyl (C=O) groups is 1. The number of carboxylic acids is 1. The number of benzene rings is 2. The van der Waals surface area contributed by atoms with E-state index in [2.05, 4.69) is 4.98 Å². The summed E-state index contributed by atoms with van der Waals surface area (Å²) in [5.41, 5.74) is 0.121. The molecule has 3 aromatic rings. The first-order chi connectivity index (χ1) is 12.6. The number of aliphatic carboxylic acids is 1. The SMILES string of the molecule is O=C(O)C1(O)CCN(c2nc(-c3ccccc3)nc3ccccc23)CC1. The molecule has 0 aliphatic carbocycles. The summed E-state index contributed by atoms with van der Waals surface area (Å²) in [7, 11) is 0. The van der Waals surface area contributed by atoms with Crippen LogP contribution in [0.5, 0.6) is 0 Å². The van der Waals surface area contributed by atoms with Gasteiger partial charge in [0.15, 0.2) is 11.4 Å². The zero-order valence-electron chi connectivity index (χ0n) is 14.2. The van der Waals surface area contributed by atoms with E-state index in [4.69, 9.17) is 4.98 Å². The van der Waals surface area contributed by atoms with Gasteiger partial charge in [0.25, 0.3) is 0 Å². The molecule has 1 saturated heterocycles. The third-order valence-electron chi connectivity index (χ3n) is 4.90. The molecule has 2 heterocycles. The first-order valence-electron chi connectivity index (χ1n) is 8.60. The van der Waals surface area contributed by atoms with Crippen molar-refractivity contribution in [3.63, 3.8) is 0 Å². The Kier molecular flexibility index (Phi) is 4.05. The molecule has 6 nitrogen and oxygen atoms in total. The van der Waals surface area contributed by atoms with E-state index in [-0.39, 0.29) is 12.8 Å². The number of para-hydroxylation sites is 1. The summed E-state index contributed by atoms with van der Waals surface area (Å²) in [4.78, 5) is 22.8. The molecule has 4 rings (SSSR count). The number of carboxylic acid groups (broad SMARTS) is 1. The van der Waals surface area contributed by atoms with E-state index in [1.54, 1.807) is 0 Å². The van der Waals surface area contributed by atoms with Crippen LogP contribution < -0.4 is 4.90 Å². The number of aliphatic hydroxyl groups is 1. The largest absolute Gasteiger partial charge is 0.479 e. The molecule has 0 bridgehead atoms. The fourth-order valence-corrected chi connectivity index (χ4v) is 3.32. The minimum absolute atomic E-state index is 0.168. The van der Waals surface area contributed by atoms with Crippen molar-refractivity contribution in [3.8, 4) is 11.4 Å². The summed E-state index contributed by atoms with van der Waals surface area (Å²) < 4.78 is 0. The second-order valence-corrected chi connectivity index (χ2v) is 6.58. The zero-order valence-corrected chi connectivity index (χ0v) is 14.2. The van der Waals surface area contributed by atoms with Crippen LogP contribution in [0, 0.1) is 0 Å². The lowest BCUT2D eigenvalue weighted by atomic mass is 9.91. The van der Waals surface area contributed by atoms with Crippen molar-refractivity contribution in [1.29, 1.82) is 0 Å². The molecular weight excluding hydrogens is 330 g/mol. The standard InChI is InChI=1S/C20H19N3O3/c24-19(25)20(26)10-12-23(13-11-20)18-15-8-4-5-9-16(15)21-17(22-18)14-6-2-1-3-7-14/h1-9,26H,10-13H2,(H,24,25). The van der Waals surface area contributed by atoms with E-state index >= 15 is 0 Å². The number of anilines is 1. The maximum absolute atomic E-state index is 11.3. The van der Waals surface area contributed by atoms with Gasteiger partial charge in [0.1, 0.15) is 5.82 Å². The second kappa shape index (κ2) is 6.38. The monoisotopic (exact) mass is 349 g/mol. The van der Waals surface area contributed by atoms with E-state index < -0.39 is 11.6 Å². The van der Waals surface area contributed by atoms with Crippen LogP contribution in [0.4, 0.5) is 5.82 Å². The van der Waals surface area contributed by atoms with E-state index in [1.165, 1.54) is 0 Å². The van der Waals surface area contributed by atoms with Gasteiger partial charge in [-0.1, -0.05) is 42.5 Å². The molecule has 1 aliphatic heterocycles. The van der Waals surface area contributed by atoms with Crippen LogP contribution in [-0.2, 0) is 4.79 Å². The first-order valence-corrected chi connectivity index (χ1v) is 8.60. The van der Waals surface area contributed by atoms with Gasteiger partial charge in [-0.05, 0) is 12.1 Å². The lowest BCUT2D eigenvalue weighted by Gasteiger charge is -2.36. The number of fused-ring (bicyclic) bond motifs is 1. The highest BCUT2D eigenvalue weighted by Gasteiger charge is 2.40. The van der Waals surface area contributed by atoms with Crippen LogP contribution in [0.1, 0.15) is 12.8 Å². The topological polar surface area (TPSA) is 86.5 Å². The molecule has 0 saturated carbocycles. The maximum Gasteiger partial charge on any atom is 0.335 e. The number of hydrogen-bond acceptors (Lipinski definition) is 5. The molecule has 6 heteroatoms. The van der Waals surface area contributed by atoms with Gasteiger partial charge in [-0.3, -0.25) is 0 Å². The van der Waals surface area contributed by atoms with Crippen LogP contribution in [0.15, 0.2) is 54.6 Å². The van der Waals surface area contributed by atoms with Crippen LogP contribution in [0.3, 0.4) is 0 Å². The van der Waals surface area contributed by atoms with Crippen molar-refractivity contribution in [2.24, 2.45) is 0 Å². The lowest BCUT2D eigenvalue weighted by Crippen LogP contribution is -2.49. The number of rotatable bonds is 3. The van der Waals surface area contributed by atoms with Crippen molar-refractivity contribution in [2.45, 2.75) is 18.4 Å². The molecule has 1 aromatic heterocycles. The molecule has 2 aromatic carbocycles. The Labute approximate surface area is 150 Å². The second-order valence-electron chi connectivity index (χ2n) is 6.58. The molecule has 0 atom stereocenters. The molecule has 26 heavy (non-hydrogen) atoms. The van der Waals surface area contributed by atoms with Gasteiger partial charge < -0.3 is 15.1 Å². The van der Waals surface area contributed by atoms with Gasteiger partial charge in [-0.25, -0.2) is 14.8 Å². The molecule has 0 unspecified atom stereocenters. The highest BCUT2D eigenvalue weighted by molar-refractivity contribution is 5.91. The van der Waals surface area contributed by atoms with Gasteiger partial charge >= 0.3 is 5.97 Å². The van der Waals surface area contributed by atoms with Gasteiger partial charge in [0.2, 0.25) is 0 Å². The van der Waals surface area contributed by atoms with Crippen LogP contribution in [-0.4, -0.2) is 44.8 Å². The van der Waals surface area contributed by atoms with Gasteiger partial charge in [-0.2, -0.15) is 0 Å². The van der Waals surface area contributed by atoms with Crippen molar-refractivity contribution >= 4 is 22.7 Å². The van der Waals surface area contributed by atoms with E-state index in [0.29, 0.717) is 18.9 Å². The first kappa shape index (κ1) is 16.5. The lowest BCUT2D eigenvalue weighted by molar-refractivity contribution is -0.160. The third kappa shape index (κ3) is 2.88. The Morgan fingerprint density at radius 2 is 1.62 bits per heavy atom. The average molecular weight is 349 g/mol. The highest BCUT2D eigenvalue weighted by Crippen LogP contribution is 2.31. The minimum atomic E-state index is -1.65. The Hall–Kier alpha value is -2.99. The Balaban J connectivity index is 1.76. The molecule has 0 amide bonds. The van der Waals surface area contributed by atoms with Gasteiger partial charge in [-0.15, -0.1) is 0 Å². The fourth-order valence-electron chi connectivity index (χ4n) is 3.32. The highest BCUT2D eigenvalue weighted by atomic mass is 16.4. The third-order valence-corrected chi connectivity index (χ3v) is 4.90. The summed E-state index contributed by atoms with van der Waals surface area (Å²) in [6, 6.07) is 17.6. The minimum Gasteiger partial charge on any atom is -0.479 e. The van der Waals surface area contributed by atoms with E-state index in [1.807, 2.05) is 59.5 Å². The summed E-state index contributed by atoms with van der Waals surface area (Å²) in [5.74, 6) is 0.259. The molecule has 0 spiro atoms. The summed E-state index contributed by atoms with van der Waals surface area (Å²) in [6.07, 6.45) is 0.336. The molecular formula is C20H19N3O3. The molecule has 1 fully saturated rings. The summed E-state index contributed by atoms with van der Waals surface area (Å²) in [6.45, 7) is 0.857. The summed E-state index contributed by atoms with van der Waals surface area (Å²) >= 11 is 0. The quantitative estimate of drug-likeness (QED) is 0.756. The fraction of sp³-hybridized carbons (Fsp3) is 0.250. The Morgan fingerprint density at radius 1 is 0.962 bits per heavy atom. The molecule has 2 N–H and O–H groups in total. The van der Waals surface area contributed by atoms with Crippen molar-refractivity contribution < 1.29 is 15.0 Å². The smallest absolute Gasteiger partial charge is 0.335 e. The van der Waals surface area contributed by atoms with Gasteiger partial charge in [0, 0.05) is 36.9 Å². The Morgan fingerprint density at radius 3 is 2.31 bits per heavy atom. The van der Waals surface area contributed by atoms with Crippen molar-refractivity contribution in [3.05, 3.63) is 54.6 Å².